The molecule has 0 unspecified atom stereocenters. The molecule has 4 aromatic rings. The van der Waals surface area contributed by atoms with Crippen LogP contribution in [0.3, 0.4) is 0 Å². The first kappa shape index (κ1) is 17.5. The SMILES string of the molecule is Cc1ccn(-c2cc(Cl)cc(Cl)c2)c(=O)c1-c1ccc2nc(N)ncc2c1. The summed E-state index contributed by atoms with van der Waals surface area (Å²) >= 11 is 12.2. The van der Waals surface area contributed by atoms with Gasteiger partial charge in [0.15, 0.2) is 0 Å². The number of anilines is 1. The lowest BCUT2D eigenvalue weighted by Crippen LogP contribution is -2.20. The maximum absolute atomic E-state index is 13.2. The summed E-state index contributed by atoms with van der Waals surface area (Å²) in [4.78, 5) is 21.4. The van der Waals surface area contributed by atoms with E-state index in [0.29, 0.717) is 21.3 Å². The molecule has 0 atom stereocenters. The van der Waals surface area contributed by atoms with Crippen molar-refractivity contribution >= 4 is 40.1 Å². The number of nitrogens with zero attached hydrogens (tertiary/aromatic N) is 3. The number of aromatic nitrogens is 3. The lowest BCUT2D eigenvalue weighted by molar-refractivity contribution is 0.986. The molecule has 0 amide bonds. The smallest absolute Gasteiger partial charge is 0.263 e. The van der Waals surface area contributed by atoms with Crippen molar-refractivity contribution in [3.63, 3.8) is 0 Å². The van der Waals surface area contributed by atoms with E-state index in [1.165, 1.54) is 4.57 Å². The fourth-order valence-electron chi connectivity index (χ4n) is 3.06. The van der Waals surface area contributed by atoms with E-state index in [-0.39, 0.29) is 11.5 Å². The Bertz CT molecular complexity index is 1230. The highest BCUT2D eigenvalue weighted by Crippen LogP contribution is 2.26. The van der Waals surface area contributed by atoms with Crippen molar-refractivity contribution in [3.05, 3.63) is 80.8 Å². The average molecular weight is 397 g/mol. The zero-order valence-electron chi connectivity index (χ0n) is 14.3. The third-order valence-corrected chi connectivity index (χ3v) is 4.75. The Balaban J connectivity index is 1.93. The van der Waals surface area contributed by atoms with Crippen LogP contribution in [-0.4, -0.2) is 14.5 Å². The lowest BCUT2D eigenvalue weighted by Gasteiger charge is -2.12. The molecule has 0 saturated carbocycles. The summed E-state index contributed by atoms with van der Waals surface area (Å²) in [5.74, 6) is 0.214. The molecule has 7 heteroatoms. The second-order valence-electron chi connectivity index (χ2n) is 6.18. The number of fused-ring (bicyclic) bond motifs is 1. The Morgan fingerprint density at radius 3 is 2.52 bits per heavy atom. The highest BCUT2D eigenvalue weighted by molar-refractivity contribution is 6.34. The van der Waals surface area contributed by atoms with Crippen molar-refractivity contribution in [1.82, 2.24) is 14.5 Å². The van der Waals surface area contributed by atoms with Gasteiger partial charge in [0, 0.05) is 27.8 Å². The van der Waals surface area contributed by atoms with Crippen LogP contribution in [0.1, 0.15) is 5.56 Å². The van der Waals surface area contributed by atoms with Crippen molar-refractivity contribution in [2.24, 2.45) is 0 Å². The predicted octanol–water partition coefficient (Wildman–Crippen LogP) is 4.65. The largest absolute Gasteiger partial charge is 0.368 e. The molecule has 2 N–H and O–H groups in total. The number of nitrogens with two attached hydrogens (primary N) is 1. The number of halogens is 2. The van der Waals surface area contributed by atoms with E-state index in [0.717, 1.165) is 22.0 Å². The monoisotopic (exact) mass is 396 g/mol. The summed E-state index contributed by atoms with van der Waals surface area (Å²) in [7, 11) is 0. The molecule has 134 valence electrons. The van der Waals surface area contributed by atoms with E-state index in [2.05, 4.69) is 9.97 Å². The van der Waals surface area contributed by atoms with Crippen molar-refractivity contribution < 1.29 is 0 Å². The summed E-state index contributed by atoms with van der Waals surface area (Å²) in [6.45, 7) is 1.90. The van der Waals surface area contributed by atoms with Crippen molar-refractivity contribution in [2.75, 3.05) is 5.73 Å². The Labute approximate surface area is 165 Å². The van der Waals surface area contributed by atoms with Crippen LogP contribution in [-0.2, 0) is 0 Å². The molecular formula is C20H14Cl2N4O. The van der Waals surface area contributed by atoms with Crippen LogP contribution >= 0.6 is 23.2 Å². The number of hydrogen-bond donors (Lipinski definition) is 1. The quantitative estimate of drug-likeness (QED) is 0.535. The van der Waals surface area contributed by atoms with E-state index in [1.54, 1.807) is 30.6 Å². The van der Waals surface area contributed by atoms with Crippen molar-refractivity contribution in [3.8, 4) is 16.8 Å². The van der Waals surface area contributed by atoms with E-state index >= 15 is 0 Å². The van der Waals surface area contributed by atoms with Crippen LogP contribution in [0.4, 0.5) is 5.95 Å². The van der Waals surface area contributed by atoms with Gasteiger partial charge in [0.05, 0.1) is 16.8 Å². The number of rotatable bonds is 2. The fourth-order valence-corrected chi connectivity index (χ4v) is 3.58. The predicted molar refractivity (Wildman–Crippen MR) is 110 cm³/mol. The van der Waals surface area contributed by atoms with Gasteiger partial charge in [0.2, 0.25) is 5.95 Å². The van der Waals surface area contributed by atoms with E-state index in [1.807, 2.05) is 31.2 Å². The third-order valence-electron chi connectivity index (χ3n) is 4.31. The summed E-state index contributed by atoms with van der Waals surface area (Å²) < 4.78 is 1.53. The van der Waals surface area contributed by atoms with E-state index in [9.17, 15) is 4.79 Å². The zero-order chi connectivity index (χ0) is 19.1. The van der Waals surface area contributed by atoms with Crippen molar-refractivity contribution in [1.29, 1.82) is 0 Å². The molecular weight excluding hydrogens is 383 g/mol. The molecule has 4 rings (SSSR count). The van der Waals surface area contributed by atoms with E-state index < -0.39 is 0 Å². The second kappa shape index (κ2) is 6.68. The average Bonchev–Trinajstić information content (AvgIpc) is 2.61. The molecule has 0 aliphatic heterocycles. The van der Waals surface area contributed by atoms with Crippen molar-refractivity contribution in [2.45, 2.75) is 6.92 Å². The topological polar surface area (TPSA) is 73.8 Å². The minimum atomic E-state index is -0.163. The van der Waals surface area contributed by atoms with Gasteiger partial charge < -0.3 is 5.73 Å². The summed E-state index contributed by atoms with van der Waals surface area (Å²) in [5.41, 5.74) is 9.03. The molecule has 0 saturated heterocycles. The van der Waals surface area contributed by atoms with Gasteiger partial charge in [0.25, 0.3) is 5.56 Å². The first-order chi connectivity index (χ1) is 12.9. The Morgan fingerprint density at radius 2 is 1.78 bits per heavy atom. The van der Waals surface area contributed by atoms with Crippen LogP contribution in [0.25, 0.3) is 27.7 Å². The Morgan fingerprint density at radius 1 is 1.04 bits per heavy atom. The molecule has 0 spiro atoms. The van der Waals surface area contributed by atoms with Gasteiger partial charge in [-0.1, -0.05) is 29.3 Å². The number of hydrogen-bond acceptors (Lipinski definition) is 4. The standard InChI is InChI=1S/C20H14Cl2N4O/c1-11-4-5-26(16-8-14(21)7-15(22)9-16)19(27)18(11)12-2-3-17-13(6-12)10-24-20(23)25-17/h2-10H,1H3,(H2,23,24,25). The van der Waals surface area contributed by atoms with Gasteiger partial charge in [-0.15, -0.1) is 0 Å². The highest BCUT2D eigenvalue weighted by Gasteiger charge is 2.13. The second-order valence-corrected chi connectivity index (χ2v) is 7.05. The minimum absolute atomic E-state index is 0.163. The molecule has 0 radical (unpaired) electrons. The highest BCUT2D eigenvalue weighted by atomic mass is 35.5. The number of nitrogen functional groups attached to an aromatic ring is 1. The van der Waals surface area contributed by atoms with Gasteiger partial charge >= 0.3 is 0 Å². The van der Waals surface area contributed by atoms with Crippen LogP contribution in [0, 0.1) is 6.92 Å². The number of aryl methyl sites for hydroxylation is 1. The normalized spacial score (nSPS) is 11.1. The van der Waals surface area contributed by atoms with Crippen LogP contribution < -0.4 is 11.3 Å². The Kier molecular flexibility index (Phi) is 4.34. The van der Waals surface area contributed by atoms with Crippen LogP contribution in [0.2, 0.25) is 10.0 Å². The number of pyridine rings is 1. The maximum atomic E-state index is 13.2. The maximum Gasteiger partial charge on any atom is 0.263 e. The molecule has 0 fully saturated rings. The van der Waals surface area contributed by atoms with E-state index in [4.69, 9.17) is 28.9 Å². The molecule has 2 heterocycles. The molecule has 5 nitrogen and oxygen atoms in total. The first-order valence-corrected chi connectivity index (χ1v) is 8.89. The van der Waals surface area contributed by atoms with Gasteiger partial charge in [-0.25, -0.2) is 9.97 Å². The Hall–Kier alpha value is -2.89. The number of benzene rings is 2. The van der Waals surface area contributed by atoms with Gasteiger partial charge in [0.1, 0.15) is 0 Å². The third kappa shape index (κ3) is 3.27. The molecule has 0 aliphatic carbocycles. The summed E-state index contributed by atoms with van der Waals surface area (Å²) in [6, 6.07) is 12.5. The molecule has 0 aliphatic rings. The minimum Gasteiger partial charge on any atom is -0.368 e. The first-order valence-electron chi connectivity index (χ1n) is 8.14. The molecule has 2 aromatic heterocycles. The van der Waals surface area contributed by atoms with Crippen LogP contribution in [0.5, 0.6) is 0 Å². The van der Waals surface area contributed by atoms with Gasteiger partial charge in [-0.3, -0.25) is 9.36 Å². The molecule has 27 heavy (non-hydrogen) atoms. The zero-order valence-corrected chi connectivity index (χ0v) is 15.8. The molecule has 2 aromatic carbocycles. The fraction of sp³-hybridized carbons (Fsp3) is 0.0500. The van der Waals surface area contributed by atoms with Gasteiger partial charge in [-0.2, -0.15) is 0 Å². The van der Waals surface area contributed by atoms with Crippen LogP contribution in [0.15, 0.2) is 59.7 Å². The summed E-state index contributed by atoms with van der Waals surface area (Å²) in [5, 5.41) is 1.74. The van der Waals surface area contributed by atoms with Gasteiger partial charge in [-0.05, 0) is 54.4 Å². The molecule has 0 bridgehead atoms. The lowest BCUT2D eigenvalue weighted by atomic mass is 10.0. The summed E-state index contributed by atoms with van der Waals surface area (Å²) in [6.07, 6.45) is 3.36.